The van der Waals surface area contributed by atoms with Crippen LogP contribution in [0.25, 0.3) is 0 Å². The molecular formula is C22H28N2O5. The van der Waals surface area contributed by atoms with Gasteiger partial charge in [-0.05, 0) is 49.7 Å². The molecule has 3 rings (SSSR count). The van der Waals surface area contributed by atoms with Gasteiger partial charge in [-0.3, -0.25) is 9.69 Å². The molecule has 1 saturated heterocycles. The summed E-state index contributed by atoms with van der Waals surface area (Å²) in [5, 5.41) is 2.95. The number of anilines is 1. The van der Waals surface area contributed by atoms with Gasteiger partial charge in [-0.25, -0.2) is 0 Å². The highest BCUT2D eigenvalue weighted by atomic mass is 16.5. The average molecular weight is 400 g/mol. The van der Waals surface area contributed by atoms with E-state index in [-0.39, 0.29) is 18.5 Å². The fraction of sp³-hybridized carbons (Fsp3) is 0.409. The molecule has 1 atom stereocenters. The Bertz CT molecular complexity index is 855. The van der Waals surface area contributed by atoms with Crippen molar-refractivity contribution in [3.05, 3.63) is 42.0 Å². The molecule has 0 saturated carbocycles. The number of carbonyl (C=O) groups is 1. The van der Waals surface area contributed by atoms with Gasteiger partial charge in [0.05, 0.1) is 40.7 Å². The summed E-state index contributed by atoms with van der Waals surface area (Å²) in [6.07, 6.45) is 1.98. The van der Waals surface area contributed by atoms with E-state index in [1.807, 2.05) is 18.2 Å². The quantitative estimate of drug-likeness (QED) is 0.732. The van der Waals surface area contributed by atoms with Gasteiger partial charge in [-0.1, -0.05) is 0 Å². The Morgan fingerprint density at radius 1 is 0.966 bits per heavy atom. The highest BCUT2D eigenvalue weighted by molar-refractivity contribution is 5.93. The maximum Gasteiger partial charge on any atom is 0.238 e. The van der Waals surface area contributed by atoms with E-state index in [0.717, 1.165) is 36.4 Å². The molecule has 1 heterocycles. The van der Waals surface area contributed by atoms with Crippen molar-refractivity contribution in [3.8, 4) is 23.0 Å². The minimum Gasteiger partial charge on any atom is -0.497 e. The van der Waals surface area contributed by atoms with Crippen molar-refractivity contribution in [1.29, 1.82) is 0 Å². The number of hydrogen-bond donors (Lipinski definition) is 1. The first-order chi connectivity index (χ1) is 14.1. The van der Waals surface area contributed by atoms with Gasteiger partial charge in [0.25, 0.3) is 0 Å². The molecule has 2 aromatic carbocycles. The van der Waals surface area contributed by atoms with Crippen LogP contribution in [0.2, 0.25) is 0 Å². The summed E-state index contributed by atoms with van der Waals surface area (Å²) in [6.45, 7) is 1.12. The first kappa shape index (κ1) is 20.8. The molecule has 1 N–H and O–H groups in total. The van der Waals surface area contributed by atoms with Crippen molar-refractivity contribution < 1.29 is 23.7 Å². The number of ether oxygens (including phenoxy) is 4. The summed E-state index contributed by atoms with van der Waals surface area (Å²) in [5.41, 5.74) is 1.66. The van der Waals surface area contributed by atoms with Gasteiger partial charge in [0.15, 0.2) is 0 Å². The predicted octanol–water partition coefficient (Wildman–Crippen LogP) is 3.50. The zero-order valence-corrected chi connectivity index (χ0v) is 17.4. The first-order valence-electron chi connectivity index (χ1n) is 9.57. The largest absolute Gasteiger partial charge is 0.497 e. The summed E-state index contributed by atoms with van der Waals surface area (Å²) < 4.78 is 21.5. The Morgan fingerprint density at radius 3 is 2.34 bits per heavy atom. The number of hydrogen-bond acceptors (Lipinski definition) is 6. The van der Waals surface area contributed by atoms with Crippen molar-refractivity contribution in [3.63, 3.8) is 0 Å². The average Bonchev–Trinajstić information content (AvgIpc) is 3.21. The molecule has 0 aromatic heterocycles. The Morgan fingerprint density at radius 2 is 1.66 bits per heavy atom. The van der Waals surface area contributed by atoms with Crippen LogP contribution in [0.5, 0.6) is 23.0 Å². The van der Waals surface area contributed by atoms with Crippen LogP contribution in [0.3, 0.4) is 0 Å². The Hall–Kier alpha value is -2.93. The lowest BCUT2D eigenvalue weighted by atomic mass is 10.0. The van der Waals surface area contributed by atoms with Gasteiger partial charge < -0.3 is 24.3 Å². The number of nitrogens with zero attached hydrogens (tertiary/aromatic N) is 1. The molecule has 0 radical (unpaired) electrons. The molecule has 1 aliphatic rings. The van der Waals surface area contributed by atoms with Crippen LogP contribution in [-0.4, -0.2) is 52.3 Å². The lowest BCUT2D eigenvalue weighted by molar-refractivity contribution is -0.117. The smallest absolute Gasteiger partial charge is 0.238 e. The first-order valence-corrected chi connectivity index (χ1v) is 9.57. The lowest BCUT2D eigenvalue weighted by Crippen LogP contribution is -2.33. The van der Waals surface area contributed by atoms with E-state index >= 15 is 0 Å². The van der Waals surface area contributed by atoms with Gasteiger partial charge in [0.1, 0.15) is 23.0 Å². The molecule has 0 spiro atoms. The molecule has 1 unspecified atom stereocenters. The molecule has 0 aliphatic carbocycles. The van der Waals surface area contributed by atoms with Gasteiger partial charge in [0, 0.05) is 17.7 Å². The minimum atomic E-state index is -0.0952. The minimum absolute atomic E-state index is 0.0952. The van der Waals surface area contributed by atoms with Crippen molar-refractivity contribution in [2.24, 2.45) is 0 Å². The van der Waals surface area contributed by atoms with Gasteiger partial charge >= 0.3 is 0 Å². The predicted molar refractivity (Wildman–Crippen MR) is 111 cm³/mol. The second-order valence-corrected chi connectivity index (χ2v) is 6.85. The second-order valence-electron chi connectivity index (χ2n) is 6.85. The maximum absolute atomic E-state index is 12.7. The van der Waals surface area contributed by atoms with E-state index in [0.29, 0.717) is 17.2 Å². The van der Waals surface area contributed by atoms with Gasteiger partial charge in [0.2, 0.25) is 5.91 Å². The van der Waals surface area contributed by atoms with E-state index < -0.39 is 0 Å². The van der Waals surface area contributed by atoms with Crippen LogP contribution in [0.4, 0.5) is 5.69 Å². The van der Waals surface area contributed by atoms with Crippen LogP contribution in [-0.2, 0) is 4.79 Å². The Balaban J connectivity index is 1.74. The highest BCUT2D eigenvalue weighted by Crippen LogP contribution is 2.39. The monoisotopic (exact) mass is 400 g/mol. The van der Waals surface area contributed by atoms with E-state index in [2.05, 4.69) is 10.2 Å². The molecule has 7 heteroatoms. The van der Waals surface area contributed by atoms with Crippen LogP contribution >= 0.6 is 0 Å². The second kappa shape index (κ2) is 9.52. The number of carbonyl (C=O) groups excluding carboxylic acids is 1. The van der Waals surface area contributed by atoms with Crippen LogP contribution in [0.1, 0.15) is 24.4 Å². The molecule has 1 amide bonds. The van der Waals surface area contributed by atoms with Crippen molar-refractivity contribution in [2.45, 2.75) is 18.9 Å². The van der Waals surface area contributed by atoms with Gasteiger partial charge in [-0.15, -0.1) is 0 Å². The molecule has 7 nitrogen and oxygen atoms in total. The lowest BCUT2D eigenvalue weighted by Gasteiger charge is -2.26. The Kier molecular flexibility index (Phi) is 6.82. The Labute approximate surface area is 171 Å². The topological polar surface area (TPSA) is 69.3 Å². The van der Waals surface area contributed by atoms with Crippen LogP contribution < -0.4 is 24.3 Å². The van der Waals surface area contributed by atoms with E-state index in [9.17, 15) is 4.79 Å². The SMILES string of the molecule is COc1ccc(NC(=O)CN2CCCC2c2cc(OC)ccc2OC)c(OC)c1. The maximum atomic E-state index is 12.7. The molecule has 156 valence electrons. The van der Waals surface area contributed by atoms with Crippen LogP contribution in [0.15, 0.2) is 36.4 Å². The summed E-state index contributed by atoms with van der Waals surface area (Å²) in [4.78, 5) is 14.9. The normalized spacial score (nSPS) is 16.3. The number of amides is 1. The third-order valence-electron chi connectivity index (χ3n) is 5.19. The number of methoxy groups -OCH3 is 4. The standard InChI is InChI=1S/C22H28N2O5/c1-26-15-8-10-20(28-3)17(12-15)19-6-5-11-24(19)14-22(25)23-18-9-7-16(27-2)13-21(18)29-4/h7-10,12-13,19H,5-6,11,14H2,1-4H3,(H,23,25). The number of nitrogens with one attached hydrogen (secondary N) is 1. The molecule has 1 aliphatic heterocycles. The van der Waals surface area contributed by atoms with Crippen molar-refractivity contribution in [1.82, 2.24) is 4.90 Å². The van der Waals surface area contributed by atoms with Gasteiger partial charge in [-0.2, -0.15) is 0 Å². The summed E-state index contributed by atoms with van der Waals surface area (Å²) in [6, 6.07) is 11.2. The molecule has 0 bridgehead atoms. The molecule has 29 heavy (non-hydrogen) atoms. The number of likely N-dealkylation sites (tertiary alicyclic amines) is 1. The summed E-state index contributed by atoms with van der Waals surface area (Å²) in [7, 11) is 6.46. The molecule has 2 aromatic rings. The number of rotatable bonds is 8. The fourth-order valence-electron chi connectivity index (χ4n) is 3.74. The summed E-state index contributed by atoms with van der Waals surface area (Å²) >= 11 is 0. The zero-order valence-electron chi connectivity index (χ0n) is 17.4. The third kappa shape index (κ3) is 4.74. The third-order valence-corrected chi connectivity index (χ3v) is 5.19. The van der Waals surface area contributed by atoms with E-state index in [4.69, 9.17) is 18.9 Å². The van der Waals surface area contributed by atoms with E-state index in [1.54, 1.807) is 46.6 Å². The van der Waals surface area contributed by atoms with E-state index in [1.165, 1.54) is 0 Å². The summed E-state index contributed by atoms with van der Waals surface area (Å²) in [5.74, 6) is 2.72. The van der Waals surface area contributed by atoms with Crippen molar-refractivity contribution in [2.75, 3.05) is 46.8 Å². The highest BCUT2D eigenvalue weighted by Gasteiger charge is 2.30. The molecular weight excluding hydrogens is 372 g/mol. The zero-order chi connectivity index (χ0) is 20.8. The number of benzene rings is 2. The van der Waals surface area contributed by atoms with Crippen molar-refractivity contribution >= 4 is 11.6 Å². The van der Waals surface area contributed by atoms with Crippen LogP contribution in [0, 0.1) is 0 Å². The fourth-order valence-corrected chi connectivity index (χ4v) is 3.74. The molecule has 1 fully saturated rings.